The lowest BCUT2D eigenvalue weighted by atomic mass is 9.91. The molecule has 94 heavy (non-hydrogen) atoms. The van der Waals surface area contributed by atoms with Gasteiger partial charge in [0, 0.05) is 37.3 Å². The maximum Gasteiger partial charge on any atom is 0.410 e. The largest absolute Gasteiger partial charge is 0.508 e. The number of morpholine rings is 2. The van der Waals surface area contributed by atoms with Gasteiger partial charge in [-0.1, -0.05) is 12.1 Å². The molecule has 11 rings (SSSR count). The highest BCUT2D eigenvalue weighted by molar-refractivity contribution is 6.01. The van der Waals surface area contributed by atoms with Crippen LogP contribution >= 0.6 is 0 Å². The molecule has 24 nitrogen and oxygen atoms in total. The molecule has 506 valence electrons. The first-order valence-electron chi connectivity index (χ1n) is 32.6. The number of rotatable bonds is 17. The van der Waals surface area contributed by atoms with Crippen molar-refractivity contribution >= 4 is 35.8 Å². The maximum absolute atomic E-state index is 13.6. The van der Waals surface area contributed by atoms with Gasteiger partial charge in [0.2, 0.25) is 0 Å². The van der Waals surface area contributed by atoms with Crippen molar-refractivity contribution in [3.63, 3.8) is 0 Å². The highest BCUT2D eigenvalue weighted by atomic mass is 16.6. The Kier molecular flexibility index (Phi) is 21.7. The first kappa shape index (κ1) is 68.4. The fourth-order valence-electron chi connectivity index (χ4n) is 13.2. The lowest BCUT2D eigenvalue weighted by Gasteiger charge is -2.45. The Labute approximate surface area is 548 Å². The van der Waals surface area contributed by atoms with Crippen LogP contribution in [0.4, 0.5) is 9.59 Å². The number of carbonyl (C=O) groups excluding carboxylic acids is 6. The average molecular weight is 1300 g/mol. The molecule has 0 spiro atoms. The molecule has 6 aliphatic heterocycles. The number of hydrogen-bond donors (Lipinski definition) is 5. The van der Waals surface area contributed by atoms with Gasteiger partial charge in [-0.3, -0.25) is 29.0 Å². The number of fused-ring (bicyclic) bond motifs is 6. The van der Waals surface area contributed by atoms with Crippen LogP contribution in [0.1, 0.15) is 163 Å². The molecule has 4 saturated heterocycles. The van der Waals surface area contributed by atoms with Crippen molar-refractivity contribution in [3.05, 3.63) is 136 Å². The number of aromatic hydroxyl groups is 1. The van der Waals surface area contributed by atoms with Gasteiger partial charge in [0.25, 0.3) is 23.6 Å². The number of aliphatic hydroxyl groups is 2. The van der Waals surface area contributed by atoms with Gasteiger partial charge in [0.05, 0.1) is 105 Å². The zero-order valence-corrected chi connectivity index (χ0v) is 54.9. The number of nitrogens with zero attached hydrogens (tertiary/aromatic N) is 5. The summed E-state index contributed by atoms with van der Waals surface area (Å²) in [6.07, 6.45) is 5.92. The van der Waals surface area contributed by atoms with Crippen molar-refractivity contribution in [1.29, 1.82) is 0 Å². The molecule has 24 heteroatoms. The molecule has 4 bridgehead atoms. The minimum atomic E-state index is -1.13. The van der Waals surface area contributed by atoms with Gasteiger partial charge in [-0.2, -0.15) is 0 Å². The third-order valence-electron chi connectivity index (χ3n) is 17.6. The summed E-state index contributed by atoms with van der Waals surface area (Å²) in [5.41, 5.74) is 3.33. The van der Waals surface area contributed by atoms with Crippen LogP contribution in [0.3, 0.4) is 0 Å². The number of phenolic OH excluding ortho intramolecular Hbond substituents is 1. The molecule has 4 aromatic carbocycles. The van der Waals surface area contributed by atoms with E-state index in [0.29, 0.717) is 75.1 Å². The van der Waals surface area contributed by atoms with Gasteiger partial charge in [0.15, 0.2) is 12.2 Å². The van der Waals surface area contributed by atoms with E-state index < -0.39 is 59.5 Å². The third kappa shape index (κ3) is 16.5. The Morgan fingerprint density at radius 2 is 1.03 bits per heavy atom. The van der Waals surface area contributed by atoms with Crippen LogP contribution in [0.25, 0.3) is 0 Å². The maximum atomic E-state index is 13.6. The fraction of sp³-hybridized carbons (Fsp3) is 0.529. The van der Waals surface area contributed by atoms with Crippen molar-refractivity contribution in [2.24, 2.45) is 0 Å². The Bertz CT molecular complexity index is 3470. The minimum absolute atomic E-state index is 0.0440. The number of nitrogens with one attached hydrogen (secondary N) is 2. The van der Waals surface area contributed by atoms with E-state index >= 15 is 0 Å². The Morgan fingerprint density at radius 1 is 0.585 bits per heavy atom. The molecule has 6 aliphatic rings. The highest BCUT2D eigenvalue weighted by Crippen LogP contribution is 2.36. The topological polar surface area (TPSA) is 291 Å². The Balaban J connectivity index is 0.000000207. The normalized spacial score (nSPS) is 21.4. The number of phenols is 1. The number of piperidine rings is 2. The lowest BCUT2D eigenvalue weighted by molar-refractivity contribution is -0.0566. The highest BCUT2D eigenvalue weighted by Gasteiger charge is 2.42. The van der Waals surface area contributed by atoms with Crippen molar-refractivity contribution in [3.8, 4) is 23.0 Å². The van der Waals surface area contributed by atoms with Crippen LogP contribution in [0, 0.1) is 0 Å². The minimum Gasteiger partial charge on any atom is -0.508 e. The molecule has 1 aromatic heterocycles. The number of benzene rings is 4. The summed E-state index contributed by atoms with van der Waals surface area (Å²) in [4.78, 5) is 91.3. The van der Waals surface area contributed by atoms with Gasteiger partial charge < -0.3 is 73.3 Å². The Hall–Kier alpha value is -8.45. The molecule has 0 saturated carbocycles. The molecule has 7 heterocycles. The molecule has 4 fully saturated rings. The van der Waals surface area contributed by atoms with Crippen LogP contribution in [-0.2, 0) is 51.5 Å². The summed E-state index contributed by atoms with van der Waals surface area (Å²) in [5, 5.41) is 38.3. The smallest absolute Gasteiger partial charge is 0.410 e. The number of hydrogen-bond acceptors (Lipinski definition) is 18. The second-order valence-corrected chi connectivity index (χ2v) is 26.7. The zero-order chi connectivity index (χ0) is 67.0. The van der Waals surface area contributed by atoms with Gasteiger partial charge >= 0.3 is 12.2 Å². The van der Waals surface area contributed by atoms with Crippen molar-refractivity contribution in [2.75, 3.05) is 52.7 Å². The monoisotopic (exact) mass is 1300 g/mol. The van der Waals surface area contributed by atoms with Crippen molar-refractivity contribution < 1.29 is 81.7 Å². The molecule has 5 aromatic rings. The standard InChI is InChI=1S/C37H46N4O9.C33H43N3O8/c1-5-47-33-15-24(35(44)41-26-7-6-8-27(41)20-46-19-26)10-12-30(33)34(43)39-17-32(42)31-14-23-9-11-28(48-21-29-16-38-22-49-29)13-25(23)18-40(31)36(45)50-37(2,3)4;1-5-43-29-15-21(31(40)36-23-7-6-8-24(36)19-42-18-23)10-12-26(29)30(39)34-16-28(38)27-14-20-9-11-25(37)13-22(20)17-35(27)32(41)44-33(2,3)4/h9-13,15-16,22,26-27,31-32,42H,5-8,14,17-21H2,1-4H3,(H,39,43);9-13,15,23-24,27-28,37-38H,5-8,14,16-19H2,1-4H3,(H,34,39)/t26-,27+,31-,32+;23?,24?,27-,28+/m00/s1. The number of oxazole rings is 1. The van der Waals surface area contributed by atoms with E-state index in [-0.39, 0.29) is 97.1 Å². The van der Waals surface area contributed by atoms with E-state index in [1.165, 1.54) is 16.2 Å². The number of amides is 6. The van der Waals surface area contributed by atoms with E-state index in [1.54, 1.807) is 109 Å². The van der Waals surface area contributed by atoms with Crippen LogP contribution in [0.2, 0.25) is 0 Å². The van der Waals surface area contributed by atoms with Gasteiger partial charge in [0.1, 0.15) is 40.8 Å². The molecule has 6 amide bonds. The fourth-order valence-corrected chi connectivity index (χ4v) is 13.2. The summed E-state index contributed by atoms with van der Waals surface area (Å²) < 4.78 is 45.5. The molecule has 8 atom stereocenters. The Morgan fingerprint density at radius 3 is 1.46 bits per heavy atom. The van der Waals surface area contributed by atoms with Crippen LogP contribution < -0.4 is 24.8 Å². The number of carbonyl (C=O) groups is 6. The van der Waals surface area contributed by atoms with Gasteiger partial charge in [-0.05, 0) is 190 Å². The first-order valence-corrected chi connectivity index (χ1v) is 32.6. The summed E-state index contributed by atoms with van der Waals surface area (Å²) in [6, 6.07) is 19.1. The number of aliphatic hydroxyl groups excluding tert-OH is 2. The van der Waals surface area contributed by atoms with Gasteiger partial charge in [-0.25, -0.2) is 14.6 Å². The number of ether oxygens (including phenoxy) is 7. The molecule has 0 aliphatic carbocycles. The summed E-state index contributed by atoms with van der Waals surface area (Å²) in [7, 11) is 0. The SMILES string of the molecule is CCOc1cc(C(=O)N2C3CCCC2COC3)ccc1C(=O)NC[C@@H](O)[C@@H]1Cc2ccc(O)cc2CN1C(=O)OC(C)(C)C.CCOc1cc(C(=O)N2[C@@H]3CCC[C@H]2COC3)ccc1C(=O)NC[C@@H](O)[C@@H]1Cc2ccc(OCc3cnco3)cc2CN1C(=O)OC(C)(C)C. The number of aromatic nitrogens is 1. The van der Waals surface area contributed by atoms with E-state index in [9.17, 15) is 44.1 Å². The molecule has 2 unspecified atom stereocenters. The van der Waals surface area contributed by atoms with E-state index in [1.807, 2.05) is 34.9 Å². The second-order valence-electron chi connectivity index (χ2n) is 26.7. The average Bonchev–Trinajstić information content (AvgIpc) is 0.960. The summed E-state index contributed by atoms with van der Waals surface area (Å²) in [6.45, 7) is 17.2. The van der Waals surface area contributed by atoms with Crippen molar-refractivity contribution in [2.45, 2.75) is 186 Å². The van der Waals surface area contributed by atoms with Crippen LogP contribution in [0.15, 0.2) is 89.8 Å². The quantitative estimate of drug-likeness (QED) is 0.0587. The summed E-state index contributed by atoms with van der Waals surface area (Å²) in [5.74, 6) is 0.696. The molecular formula is C70H89N7O17. The van der Waals surface area contributed by atoms with Crippen LogP contribution in [-0.4, -0.2) is 188 Å². The second kappa shape index (κ2) is 29.9. The predicted octanol–water partition coefficient (Wildman–Crippen LogP) is 8.14. The predicted molar refractivity (Wildman–Crippen MR) is 343 cm³/mol. The van der Waals surface area contributed by atoms with E-state index in [4.69, 9.17) is 37.6 Å². The molecule has 0 radical (unpaired) electrons. The van der Waals surface area contributed by atoms with Crippen LogP contribution in [0.5, 0.6) is 23.0 Å². The third-order valence-corrected chi connectivity index (χ3v) is 17.6. The zero-order valence-electron chi connectivity index (χ0n) is 54.9. The van der Waals surface area contributed by atoms with Crippen molar-refractivity contribution in [1.82, 2.24) is 35.2 Å². The van der Waals surface area contributed by atoms with E-state index in [0.717, 1.165) is 60.8 Å². The summed E-state index contributed by atoms with van der Waals surface area (Å²) >= 11 is 0. The molecule has 5 N–H and O–H groups in total. The van der Waals surface area contributed by atoms with Gasteiger partial charge in [-0.15, -0.1) is 0 Å². The lowest BCUT2D eigenvalue weighted by Crippen LogP contribution is -2.57. The molecular weight excluding hydrogens is 1210 g/mol. The van der Waals surface area contributed by atoms with E-state index in [2.05, 4.69) is 15.6 Å². The first-order chi connectivity index (χ1) is 44.9.